The number of aromatic nitrogens is 1. The standard InChI is InChI=1S/C30H36F4N4O2/c1-18-12-24-22-4-2-5-25(32)27(22)36-28(24)29(38(18)14-19-8-11-39-17-19)23-7-6-20(13-26(23)40-30(33)34)35-21-15-37(16-21)10-3-9-31/h2,4-7,13,18-19,21,29-30,35-36H,3,8-12,14-17H2,1H3/t18-,19?,29?/m1/s1. The second kappa shape index (κ2) is 11.6. The lowest BCUT2D eigenvalue weighted by Crippen LogP contribution is -2.54. The third kappa shape index (κ3) is 5.41. The molecule has 10 heteroatoms. The van der Waals surface area contributed by atoms with Crippen LogP contribution in [0.1, 0.15) is 42.6 Å². The molecule has 3 atom stereocenters. The molecular weight excluding hydrogens is 524 g/mol. The van der Waals surface area contributed by atoms with Gasteiger partial charge in [-0.15, -0.1) is 0 Å². The van der Waals surface area contributed by atoms with Crippen LogP contribution < -0.4 is 10.1 Å². The van der Waals surface area contributed by atoms with Gasteiger partial charge in [-0.05, 0) is 49.8 Å². The Morgan fingerprint density at radius 2 is 2.05 bits per heavy atom. The molecule has 0 radical (unpaired) electrons. The summed E-state index contributed by atoms with van der Waals surface area (Å²) in [5.41, 5.74) is 3.57. The lowest BCUT2D eigenvalue weighted by atomic mass is 9.87. The van der Waals surface area contributed by atoms with E-state index in [9.17, 15) is 17.6 Å². The fourth-order valence-electron chi connectivity index (χ4n) is 6.60. The Labute approximate surface area is 231 Å². The van der Waals surface area contributed by atoms with Gasteiger partial charge in [0.25, 0.3) is 0 Å². The van der Waals surface area contributed by atoms with Crippen LogP contribution in [0.25, 0.3) is 10.9 Å². The van der Waals surface area contributed by atoms with Crippen molar-refractivity contribution in [3.8, 4) is 5.75 Å². The predicted octanol–water partition coefficient (Wildman–Crippen LogP) is 5.74. The van der Waals surface area contributed by atoms with Crippen molar-refractivity contribution >= 4 is 16.6 Å². The van der Waals surface area contributed by atoms with Crippen LogP contribution in [-0.4, -0.2) is 79.5 Å². The van der Waals surface area contributed by atoms with E-state index in [1.54, 1.807) is 12.1 Å². The molecular formula is C30H36F4N4O2. The zero-order valence-corrected chi connectivity index (χ0v) is 22.6. The van der Waals surface area contributed by atoms with Crippen molar-refractivity contribution in [3.63, 3.8) is 0 Å². The second-order valence-corrected chi connectivity index (χ2v) is 11.3. The molecule has 0 aliphatic carbocycles. The predicted molar refractivity (Wildman–Crippen MR) is 146 cm³/mol. The van der Waals surface area contributed by atoms with E-state index < -0.39 is 12.7 Å². The lowest BCUT2D eigenvalue weighted by molar-refractivity contribution is -0.0512. The van der Waals surface area contributed by atoms with Crippen molar-refractivity contribution in [1.82, 2.24) is 14.8 Å². The number of benzene rings is 2. The van der Waals surface area contributed by atoms with Crippen molar-refractivity contribution in [1.29, 1.82) is 0 Å². The van der Waals surface area contributed by atoms with Gasteiger partial charge in [0, 0.05) is 67.2 Å². The Hall–Kier alpha value is -2.82. The third-order valence-corrected chi connectivity index (χ3v) is 8.55. The number of halogens is 4. The van der Waals surface area contributed by atoms with Crippen LogP contribution >= 0.6 is 0 Å². The van der Waals surface area contributed by atoms with Crippen LogP contribution in [0.15, 0.2) is 36.4 Å². The minimum atomic E-state index is -2.99. The van der Waals surface area contributed by atoms with Gasteiger partial charge in [0.1, 0.15) is 11.6 Å². The van der Waals surface area contributed by atoms with E-state index in [1.165, 1.54) is 6.07 Å². The van der Waals surface area contributed by atoms with Crippen molar-refractivity contribution < 1.29 is 27.0 Å². The number of anilines is 1. The molecule has 3 aliphatic rings. The molecule has 6 rings (SSSR count). The fourth-order valence-corrected chi connectivity index (χ4v) is 6.60. The average Bonchev–Trinajstić information content (AvgIpc) is 3.55. The summed E-state index contributed by atoms with van der Waals surface area (Å²) in [7, 11) is 0. The summed E-state index contributed by atoms with van der Waals surface area (Å²) >= 11 is 0. The number of fused-ring (bicyclic) bond motifs is 3. The van der Waals surface area contributed by atoms with Crippen LogP contribution in [0, 0.1) is 11.7 Å². The minimum absolute atomic E-state index is 0.0860. The fraction of sp³-hybridized carbons (Fsp3) is 0.533. The molecule has 3 aromatic rings. The van der Waals surface area contributed by atoms with Crippen LogP contribution in [0.5, 0.6) is 5.75 Å². The second-order valence-electron chi connectivity index (χ2n) is 11.3. The van der Waals surface area contributed by atoms with E-state index in [1.807, 2.05) is 18.2 Å². The van der Waals surface area contributed by atoms with E-state index in [-0.39, 0.29) is 30.3 Å². The maximum atomic E-state index is 14.9. The first-order valence-corrected chi connectivity index (χ1v) is 14.2. The number of likely N-dealkylation sites (tertiary alicyclic amines) is 1. The number of hydrogen-bond acceptors (Lipinski definition) is 5. The van der Waals surface area contributed by atoms with Crippen molar-refractivity contribution in [2.24, 2.45) is 5.92 Å². The minimum Gasteiger partial charge on any atom is -0.434 e. The van der Waals surface area contributed by atoms with E-state index in [0.29, 0.717) is 55.3 Å². The highest BCUT2D eigenvalue weighted by molar-refractivity contribution is 5.86. The SMILES string of the molecule is C[C@@H]1Cc2c([nH]c3c(F)cccc23)C(c2ccc(NC3CN(CCCF)C3)cc2OC(F)F)N1CC1CCOC1. The van der Waals surface area contributed by atoms with Gasteiger partial charge in [-0.3, -0.25) is 14.2 Å². The number of ether oxygens (including phenoxy) is 2. The maximum absolute atomic E-state index is 14.9. The molecule has 0 spiro atoms. The normalized spacial score (nSPS) is 24.0. The number of aromatic amines is 1. The highest BCUT2D eigenvalue weighted by Gasteiger charge is 2.39. The number of H-pyrrole nitrogens is 1. The Balaban J connectivity index is 1.37. The van der Waals surface area contributed by atoms with Gasteiger partial charge in [0.2, 0.25) is 0 Å². The summed E-state index contributed by atoms with van der Waals surface area (Å²) in [4.78, 5) is 7.82. The van der Waals surface area contributed by atoms with E-state index >= 15 is 0 Å². The summed E-state index contributed by atoms with van der Waals surface area (Å²) in [5.74, 6) is 0.0937. The Kier molecular flexibility index (Phi) is 7.92. The highest BCUT2D eigenvalue weighted by atomic mass is 19.3. The molecule has 1 aromatic heterocycles. The number of nitrogens with one attached hydrogen (secondary N) is 2. The van der Waals surface area contributed by atoms with Gasteiger partial charge in [0.05, 0.1) is 30.9 Å². The zero-order valence-electron chi connectivity index (χ0n) is 22.6. The van der Waals surface area contributed by atoms with E-state index in [2.05, 4.69) is 27.0 Å². The smallest absolute Gasteiger partial charge is 0.387 e. The Bertz CT molecular complexity index is 1320. The number of rotatable bonds is 10. The highest BCUT2D eigenvalue weighted by Crippen LogP contribution is 2.45. The molecule has 0 amide bonds. The lowest BCUT2D eigenvalue weighted by Gasteiger charge is -2.42. The van der Waals surface area contributed by atoms with Gasteiger partial charge in [-0.1, -0.05) is 18.2 Å². The molecule has 2 fully saturated rings. The van der Waals surface area contributed by atoms with Crippen LogP contribution in [0.2, 0.25) is 0 Å². The topological polar surface area (TPSA) is 52.8 Å². The first kappa shape index (κ1) is 27.4. The Morgan fingerprint density at radius 1 is 1.20 bits per heavy atom. The first-order chi connectivity index (χ1) is 19.4. The molecule has 2 N–H and O–H groups in total. The summed E-state index contributed by atoms with van der Waals surface area (Å²) in [6.07, 6.45) is 2.17. The van der Waals surface area contributed by atoms with Gasteiger partial charge in [-0.25, -0.2) is 4.39 Å². The summed E-state index contributed by atoms with van der Waals surface area (Å²) in [6, 6.07) is 10.3. The zero-order chi connectivity index (χ0) is 27.8. The third-order valence-electron chi connectivity index (χ3n) is 8.55. The molecule has 0 bridgehead atoms. The van der Waals surface area contributed by atoms with Gasteiger partial charge in [0.15, 0.2) is 0 Å². The molecule has 0 saturated carbocycles. The van der Waals surface area contributed by atoms with Crippen molar-refractivity contribution in [2.45, 2.75) is 50.9 Å². The van der Waals surface area contributed by atoms with E-state index in [4.69, 9.17) is 9.47 Å². The molecule has 3 aliphatic heterocycles. The quantitative estimate of drug-likeness (QED) is 0.310. The monoisotopic (exact) mass is 560 g/mol. The van der Waals surface area contributed by atoms with Crippen LogP contribution in [0.4, 0.5) is 23.2 Å². The van der Waals surface area contributed by atoms with Gasteiger partial charge >= 0.3 is 6.61 Å². The van der Waals surface area contributed by atoms with Gasteiger partial charge in [-0.2, -0.15) is 8.78 Å². The van der Waals surface area contributed by atoms with Crippen molar-refractivity contribution in [3.05, 3.63) is 59.0 Å². The molecule has 40 heavy (non-hydrogen) atoms. The average molecular weight is 561 g/mol. The molecule has 2 unspecified atom stereocenters. The van der Waals surface area contributed by atoms with Crippen LogP contribution in [-0.2, 0) is 11.2 Å². The largest absolute Gasteiger partial charge is 0.434 e. The molecule has 4 heterocycles. The van der Waals surface area contributed by atoms with Gasteiger partial charge < -0.3 is 19.8 Å². The van der Waals surface area contributed by atoms with Crippen LogP contribution in [0.3, 0.4) is 0 Å². The molecule has 2 aromatic carbocycles. The summed E-state index contributed by atoms with van der Waals surface area (Å²) in [6.45, 7) is 3.17. The number of nitrogens with zero attached hydrogens (tertiary/aromatic N) is 2. The molecule has 6 nitrogen and oxygen atoms in total. The first-order valence-electron chi connectivity index (χ1n) is 14.2. The Morgan fingerprint density at radius 3 is 2.80 bits per heavy atom. The number of hydrogen-bond donors (Lipinski definition) is 2. The summed E-state index contributed by atoms with van der Waals surface area (Å²) in [5, 5.41) is 4.23. The number of alkyl halides is 3. The molecule has 2 saturated heterocycles. The summed E-state index contributed by atoms with van der Waals surface area (Å²) < 4.78 is 65.7. The molecule has 216 valence electrons. The van der Waals surface area contributed by atoms with E-state index in [0.717, 1.165) is 42.7 Å². The number of para-hydroxylation sites is 1. The maximum Gasteiger partial charge on any atom is 0.387 e. The van der Waals surface area contributed by atoms with Crippen molar-refractivity contribution in [2.75, 3.05) is 51.4 Å².